The van der Waals surface area contributed by atoms with Gasteiger partial charge in [0.15, 0.2) is 0 Å². The maximum Gasteiger partial charge on any atom is 0.147 e. The van der Waals surface area contributed by atoms with E-state index in [1.165, 1.54) is 6.07 Å². The number of nitrogens with zero attached hydrogens (tertiary/aromatic N) is 1. The summed E-state index contributed by atoms with van der Waals surface area (Å²) in [5.74, 6) is -0.522. The molecule has 0 spiro atoms. The molecule has 2 atom stereocenters. The first-order valence-corrected chi connectivity index (χ1v) is 5.57. The summed E-state index contributed by atoms with van der Waals surface area (Å²) in [4.78, 5) is 0. The summed E-state index contributed by atoms with van der Waals surface area (Å²) in [6.07, 6.45) is 0.875. The van der Waals surface area contributed by atoms with Crippen molar-refractivity contribution in [1.29, 1.82) is 5.26 Å². The second-order valence-electron chi connectivity index (χ2n) is 3.68. The van der Waals surface area contributed by atoms with Gasteiger partial charge in [-0.15, -0.1) is 0 Å². The molecule has 0 radical (unpaired) electrons. The van der Waals surface area contributed by atoms with Crippen molar-refractivity contribution in [3.05, 3.63) is 34.6 Å². The van der Waals surface area contributed by atoms with Crippen molar-refractivity contribution in [3.63, 3.8) is 0 Å². The highest BCUT2D eigenvalue weighted by molar-refractivity contribution is 6.30. The van der Waals surface area contributed by atoms with Crippen molar-refractivity contribution < 1.29 is 4.39 Å². The highest BCUT2D eigenvalue weighted by Gasteiger charge is 2.18. The predicted octanol–water partition coefficient (Wildman–Crippen LogP) is 3.43. The van der Waals surface area contributed by atoms with Gasteiger partial charge in [0.25, 0.3) is 0 Å². The molecule has 4 heteroatoms. The Morgan fingerprint density at radius 1 is 1.56 bits per heavy atom. The van der Waals surface area contributed by atoms with Crippen molar-refractivity contribution in [2.75, 3.05) is 0 Å². The van der Waals surface area contributed by atoms with E-state index in [4.69, 9.17) is 16.9 Å². The molecule has 0 fully saturated rings. The van der Waals surface area contributed by atoms with E-state index in [1.807, 2.05) is 19.9 Å². The van der Waals surface area contributed by atoms with Crippen LogP contribution in [-0.4, -0.2) is 6.04 Å². The molecule has 86 valence electrons. The van der Waals surface area contributed by atoms with Gasteiger partial charge in [0.2, 0.25) is 0 Å². The quantitative estimate of drug-likeness (QED) is 0.875. The molecule has 0 aliphatic rings. The first kappa shape index (κ1) is 13.0. The molecule has 1 N–H and O–H groups in total. The summed E-state index contributed by atoms with van der Waals surface area (Å²) in [5, 5.41) is 12.1. The Hall–Kier alpha value is -1.11. The second-order valence-corrected chi connectivity index (χ2v) is 4.09. The van der Waals surface area contributed by atoms with E-state index >= 15 is 0 Å². The summed E-state index contributed by atoms with van der Waals surface area (Å²) in [6, 6.07) is 6.23. The number of hydrogen-bond acceptors (Lipinski definition) is 2. The first-order valence-electron chi connectivity index (χ1n) is 5.19. The summed E-state index contributed by atoms with van der Waals surface area (Å²) in [6.45, 7) is 3.95. The van der Waals surface area contributed by atoms with E-state index in [2.05, 4.69) is 5.32 Å². The molecular formula is C12H14ClFN2. The Labute approximate surface area is 100 Å². The molecule has 0 bridgehead atoms. The van der Waals surface area contributed by atoms with Gasteiger partial charge in [0.05, 0.1) is 11.1 Å². The van der Waals surface area contributed by atoms with Crippen LogP contribution in [0.1, 0.15) is 31.9 Å². The molecule has 1 rings (SSSR count). The van der Waals surface area contributed by atoms with E-state index in [0.29, 0.717) is 5.56 Å². The third-order valence-corrected chi connectivity index (χ3v) is 2.78. The zero-order valence-corrected chi connectivity index (χ0v) is 10.1. The highest BCUT2D eigenvalue weighted by Crippen LogP contribution is 2.23. The number of rotatable bonds is 4. The summed E-state index contributed by atoms with van der Waals surface area (Å²) in [5.41, 5.74) is 0.301. The first-order chi connectivity index (χ1) is 7.60. The Balaban J connectivity index is 2.96. The average Bonchev–Trinajstić information content (AvgIpc) is 2.29. The maximum atomic E-state index is 13.7. The number of nitriles is 1. The molecule has 0 saturated heterocycles. The van der Waals surface area contributed by atoms with Gasteiger partial charge < -0.3 is 0 Å². The second kappa shape index (κ2) is 5.83. The zero-order chi connectivity index (χ0) is 12.1. The molecule has 0 aliphatic carbocycles. The van der Waals surface area contributed by atoms with Crippen LogP contribution in [0.3, 0.4) is 0 Å². The number of halogens is 2. The third-order valence-electron chi connectivity index (χ3n) is 2.49. The van der Waals surface area contributed by atoms with Gasteiger partial charge in [-0.3, -0.25) is 5.32 Å². The van der Waals surface area contributed by atoms with E-state index in [0.717, 1.165) is 6.42 Å². The van der Waals surface area contributed by atoms with E-state index in [-0.39, 0.29) is 11.1 Å². The van der Waals surface area contributed by atoms with Crippen LogP contribution >= 0.6 is 11.6 Å². The smallest absolute Gasteiger partial charge is 0.147 e. The highest BCUT2D eigenvalue weighted by atomic mass is 35.5. The fourth-order valence-electron chi connectivity index (χ4n) is 1.34. The molecule has 0 aromatic heterocycles. The molecule has 2 unspecified atom stereocenters. The molecule has 2 nitrogen and oxygen atoms in total. The van der Waals surface area contributed by atoms with Crippen LogP contribution in [0, 0.1) is 17.1 Å². The fourth-order valence-corrected chi connectivity index (χ4v) is 1.52. The minimum absolute atomic E-state index is 0.0451. The SMILES string of the molecule is CCC(C)NC(C#N)c1cccc(Cl)c1F. The molecule has 1 aromatic carbocycles. The molecule has 0 amide bonds. The Morgan fingerprint density at radius 3 is 2.81 bits per heavy atom. The average molecular weight is 241 g/mol. The summed E-state index contributed by atoms with van der Waals surface area (Å²) in [7, 11) is 0. The lowest BCUT2D eigenvalue weighted by Gasteiger charge is -2.17. The summed E-state index contributed by atoms with van der Waals surface area (Å²) < 4.78 is 13.7. The van der Waals surface area contributed by atoms with Crippen molar-refractivity contribution in [2.24, 2.45) is 0 Å². The lowest BCUT2D eigenvalue weighted by Crippen LogP contribution is -2.29. The third kappa shape index (κ3) is 2.94. The van der Waals surface area contributed by atoms with E-state index in [1.54, 1.807) is 12.1 Å². The molecule has 0 aliphatic heterocycles. The molecule has 0 saturated carbocycles. The predicted molar refractivity (Wildman–Crippen MR) is 62.7 cm³/mol. The number of hydrogen-bond donors (Lipinski definition) is 1. The minimum atomic E-state index is -0.659. The van der Waals surface area contributed by atoms with Crippen LogP contribution in [-0.2, 0) is 0 Å². The van der Waals surface area contributed by atoms with Crippen LogP contribution in [0.4, 0.5) is 4.39 Å². The van der Waals surface area contributed by atoms with E-state index in [9.17, 15) is 4.39 Å². The lowest BCUT2D eigenvalue weighted by molar-refractivity contribution is 0.485. The van der Waals surface area contributed by atoms with Crippen LogP contribution in [0.5, 0.6) is 0 Å². The van der Waals surface area contributed by atoms with Gasteiger partial charge in [-0.25, -0.2) is 4.39 Å². The van der Waals surface area contributed by atoms with Gasteiger partial charge in [-0.2, -0.15) is 5.26 Å². The van der Waals surface area contributed by atoms with Gasteiger partial charge in [0, 0.05) is 11.6 Å². The fraction of sp³-hybridized carbons (Fsp3) is 0.417. The number of benzene rings is 1. The monoisotopic (exact) mass is 240 g/mol. The largest absolute Gasteiger partial charge is 0.296 e. The van der Waals surface area contributed by atoms with Crippen molar-refractivity contribution in [1.82, 2.24) is 5.32 Å². The molecular weight excluding hydrogens is 227 g/mol. The van der Waals surface area contributed by atoms with Crippen molar-refractivity contribution in [3.8, 4) is 6.07 Å². The van der Waals surface area contributed by atoms with Crippen LogP contribution in [0.15, 0.2) is 18.2 Å². The summed E-state index contributed by atoms with van der Waals surface area (Å²) >= 11 is 5.67. The van der Waals surface area contributed by atoms with Gasteiger partial charge in [-0.1, -0.05) is 30.7 Å². The van der Waals surface area contributed by atoms with Crippen molar-refractivity contribution >= 4 is 11.6 Å². The normalized spacial score (nSPS) is 14.2. The van der Waals surface area contributed by atoms with Crippen LogP contribution in [0.25, 0.3) is 0 Å². The molecule has 0 heterocycles. The lowest BCUT2D eigenvalue weighted by atomic mass is 10.1. The van der Waals surface area contributed by atoms with Gasteiger partial charge >= 0.3 is 0 Å². The standard InChI is InChI=1S/C12H14ClFN2/c1-3-8(2)16-11(7-15)9-5-4-6-10(13)12(9)14/h4-6,8,11,16H,3H2,1-2H3. The maximum absolute atomic E-state index is 13.7. The Bertz CT molecular complexity index is 400. The topological polar surface area (TPSA) is 35.8 Å². The Kier molecular flexibility index (Phi) is 4.72. The van der Waals surface area contributed by atoms with Gasteiger partial charge in [0.1, 0.15) is 11.9 Å². The minimum Gasteiger partial charge on any atom is -0.296 e. The van der Waals surface area contributed by atoms with Gasteiger partial charge in [-0.05, 0) is 19.4 Å². The zero-order valence-electron chi connectivity index (χ0n) is 9.30. The van der Waals surface area contributed by atoms with Crippen molar-refractivity contribution in [2.45, 2.75) is 32.4 Å². The molecule has 1 aromatic rings. The van der Waals surface area contributed by atoms with Crippen LogP contribution < -0.4 is 5.32 Å². The molecule has 16 heavy (non-hydrogen) atoms. The number of nitrogens with one attached hydrogen (secondary N) is 1. The Morgan fingerprint density at radius 2 is 2.25 bits per heavy atom. The van der Waals surface area contributed by atoms with E-state index < -0.39 is 11.9 Å². The van der Waals surface area contributed by atoms with Crippen LogP contribution in [0.2, 0.25) is 5.02 Å².